The van der Waals surface area contributed by atoms with Gasteiger partial charge in [-0.15, -0.1) is 0 Å². The van der Waals surface area contributed by atoms with Gasteiger partial charge in [0.1, 0.15) is 40.0 Å². The van der Waals surface area contributed by atoms with Crippen molar-refractivity contribution in [2.45, 2.75) is 62.5 Å². The smallest absolute Gasteiger partial charge is 0.251 e. The van der Waals surface area contributed by atoms with Crippen LogP contribution in [0, 0.1) is 0 Å². The van der Waals surface area contributed by atoms with Crippen molar-refractivity contribution in [3.63, 3.8) is 0 Å². The number of amides is 1. The van der Waals surface area contributed by atoms with Crippen LogP contribution in [-0.2, 0) is 10.2 Å². The number of nitrogens with one attached hydrogen (secondary N) is 1. The fourth-order valence-electron chi connectivity index (χ4n) is 6.02. The molecule has 37 heavy (non-hydrogen) atoms. The maximum Gasteiger partial charge on any atom is 0.251 e. The molecule has 0 aliphatic heterocycles. The first-order valence-corrected chi connectivity index (χ1v) is 12.7. The molecule has 0 unspecified atom stereocenters. The fraction of sp³-hybridized carbons (Fsp3) is 0.345. The van der Waals surface area contributed by atoms with E-state index in [0.717, 1.165) is 66.2 Å². The number of fused-ring (bicyclic) bond motifs is 3. The summed E-state index contributed by atoms with van der Waals surface area (Å²) < 4.78 is 8.03. The number of hydrogen-bond donors (Lipinski definition) is 3. The van der Waals surface area contributed by atoms with Crippen LogP contribution >= 0.6 is 0 Å². The monoisotopic (exact) mass is 497 g/mol. The van der Waals surface area contributed by atoms with Crippen molar-refractivity contribution in [2.24, 2.45) is 0 Å². The third kappa shape index (κ3) is 4.01. The van der Waals surface area contributed by atoms with Gasteiger partial charge in [-0.2, -0.15) is 0 Å². The van der Waals surface area contributed by atoms with Gasteiger partial charge in [0, 0.05) is 28.9 Å². The van der Waals surface area contributed by atoms with E-state index in [4.69, 9.17) is 15.5 Å². The molecule has 2 heterocycles. The largest absolute Gasteiger partial charge is 0.457 e. The predicted molar refractivity (Wildman–Crippen MR) is 141 cm³/mol. The Labute approximate surface area is 215 Å². The summed E-state index contributed by atoms with van der Waals surface area (Å²) in [5.41, 5.74) is 6.98. The molecule has 4 N–H and O–H groups in total. The number of carbonyl (C=O) groups is 1. The minimum atomic E-state index is -1.41. The van der Waals surface area contributed by atoms with Gasteiger partial charge >= 0.3 is 0 Å². The van der Waals surface area contributed by atoms with E-state index in [-0.39, 0.29) is 16.9 Å². The lowest BCUT2D eigenvalue weighted by atomic mass is 9.83. The molecule has 1 amide bonds. The number of para-hydroxylation sites is 1. The predicted octanol–water partition coefficient (Wildman–Crippen LogP) is 4.61. The van der Waals surface area contributed by atoms with Crippen LogP contribution in [0.3, 0.4) is 0 Å². The average molecular weight is 498 g/mol. The number of aromatic nitrogens is 3. The Morgan fingerprint density at radius 1 is 1.05 bits per heavy atom. The molecular weight excluding hydrogens is 466 g/mol. The number of rotatable bonds is 6. The quantitative estimate of drug-likeness (QED) is 0.358. The lowest BCUT2D eigenvalue weighted by molar-refractivity contribution is -0.138. The van der Waals surface area contributed by atoms with Gasteiger partial charge < -0.3 is 20.9 Å². The van der Waals surface area contributed by atoms with Gasteiger partial charge in [-0.1, -0.05) is 18.2 Å². The van der Waals surface area contributed by atoms with Crippen LogP contribution in [-0.4, -0.2) is 36.5 Å². The maximum atomic E-state index is 12.6. The van der Waals surface area contributed by atoms with Gasteiger partial charge in [0.25, 0.3) is 5.91 Å². The molecule has 2 fully saturated rings. The first kappa shape index (κ1) is 23.5. The zero-order valence-electron chi connectivity index (χ0n) is 21.1. The molecule has 190 valence electrons. The fourth-order valence-corrected chi connectivity index (χ4v) is 6.02. The lowest BCUT2D eigenvalue weighted by Crippen LogP contribution is -2.52. The van der Waals surface area contributed by atoms with Crippen LogP contribution in [0.2, 0.25) is 0 Å². The highest BCUT2D eigenvalue weighted by atomic mass is 16.5. The Hall–Kier alpha value is -3.91. The van der Waals surface area contributed by atoms with Crippen LogP contribution < -0.4 is 15.8 Å². The van der Waals surface area contributed by atoms with Crippen LogP contribution in [0.5, 0.6) is 11.5 Å². The first-order valence-electron chi connectivity index (χ1n) is 12.7. The van der Waals surface area contributed by atoms with E-state index in [0.29, 0.717) is 5.82 Å². The number of ether oxygens (including phenoxy) is 1. The van der Waals surface area contributed by atoms with Crippen LogP contribution in [0.15, 0.2) is 67.0 Å². The van der Waals surface area contributed by atoms with Gasteiger partial charge in [0.05, 0.1) is 0 Å². The molecular formula is C29H31N5O3. The van der Waals surface area contributed by atoms with E-state index < -0.39 is 5.60 Å². The molecule has 2 aromatic heterocycles. The standard InChI is InChI=1S/C29H31N5O3/c1-27(2,36)26(35)33-29-14-12-28(18-29,13-15-29)25-32-22(23-24(30)31-16-17-34(23)25)19-8-10-21(11-9-19)37-20-6-4-3-5-7-20/h3-11,16-17,36H,12-15,18H2,1-2H3,(H2,30,31)(H,33,35). The second kappa shape index (κ2) is 8.31. The summed E-state index contributed by atoms with van der Waals surface area (Å²) >= 11 is 0. The molecule has 2 saturated carbocycles. The number of hydrogen-bond acceptors (Lipinski definition) is 6. The number of anilines is 1. The van der Waals surface area contributed by atoms with Crippen LogP contribution in [0.1, 0.15) is 51.8 Å². The highest BCUT2D eigenvalue weighted by molar-refractivity contribution is 5.86. The van der Waals surface area contributed by atoms with Crippen molar-refractivity contribution < 1.29 is 14.6 Å². The van der Waals surface area contributed by atoms with E-state index in [2.05, 4.69) is 14.7 Å². The Morgan fingerprint density at radius 2 is 1.73 bits per heavy atom. The Bertz CT molecular complexity index is 1460. The first-order chi connectivity index (χ1) is 17.7. The summed E-state index contributed by atoms with van der Waals surface area (Å²) in [5.74, 6) is 2.57. The molecule has 8 nitrogen and oxygen atoms in total. The molecule has 0 atom stereocenters. The molecule has 4 aromatic rings. The van der Waals surface area contributed by atoms with E-state index >= 15 is 0 Å². The average Bonchev–Trinajstić information content (AvgIpc) is 3.56. The zero-order valence-corrected chi connectivity index (χ0v) is 21.1. The summed E-state index contributed by atoms with van der Waals surface area (Å²) in [6.45, 7) is 3.05. The summed E-state index contributed by atoms with van der Waals surface area (Å²) in [5, 5.41) is 13.4. The molecule has 0 spiro atoms. The number of nitrogens with zero attached hydrogens (tertiary/aromatic N) is 3. The number of carbonyl (C=O) groups excluding carboxylic acids is 1. The van der Waals surface area contributed by atoms with Crippen molar-refractivity contribution in [1.82, 2.24) is 19.7 Å². The van der Waals surface area contributed by atoms with Crippen LogP contribution in [0.4, 0.5) is 5.82 Å². The Kier molecular flexibility index (Phi) is 5.28. The molecule has 0 saturated heterocycles. The number of imidazole rings is 1. The zero-order chi connectivity index (χ0) is 25.8. The minimum Gasteiger partial charge on any atom is -0.457 e. The minimum absolute atomic E-state index is 0.182. The normalized spacial score (nSPS) is 22.9. The number of aliphatic hydroxyl groups is 1. The van der Waals surface area contributed by atoms with Crippen molar-refractivity contribution in [1.29, 1.82) is 0 Å². The van der Waals surface area contributed by atoms with Gasteiger partial charge in [0.2, 0.25) is 0 Å². The third-order valence-electron chi connectivity index (χ3n) is 7.94. The van der Waals surface area contributed by atoms with Gasteiger partial charge in [0.15, 0.2) is 0 Å². The summed E-state index contributed by atoms with van der Waals surface area (Å²) in [6, 6.07) is 17.5. The van der Waals surface area contributed by atoms with Gasteiger partial charge in [-0.3, -0.25) is 9.20 Å². The highest BCUT2D eigenvalue weighted by Gasteiger charge is 2.58. The number of benzene rings is 2. The molecule has 8 heteroatoms. The summed E-state index contributed by atoms with van der Waals surface area (Å²) in [7, 11) is 0. The molecule has 2 bridgehead atoms. The second-order valence-corrected chi connectivity index (χ2v) is 11.0. The lowest BCUT2D eigenvalue weighted by Gasteiger charge is -2.31. The van der Waals surface area contributed by atoms with Gasteiger partial charge in [-0.25, -0.2) is 9.97 Å². The summed E-state index contributed by atoms with van der Waals surface area (Å²) in [4.78, 5) is 22.2. The molecule has 2 aliphatic carbocycles. The van der Waals surface area contributed by atoms with E-state index in [1.807, 2.05) is 60.8 Å². The van der Waals surface area contributed by atoms with E-state index in [9.17, 15) is 9.90 Å². The Morgan fingerprint density at radius 3 is 2.41 bits per heavy atom. The van der Waals surface area contributed by atoms with Gasteiger partial charge in [-0.05, 0) is 82.3 Å². The van der Waals surface area contributed by atoms with Crippen molar-refractivity contribution >= 4 is 17.2 Å². The third-order valence-corrected chi connectivity index (χ3v) is 7.94. The van der Waals surface area contributed by atoms with Crippen molar-refractivity contribution in [3.05, 3.63) is 72.8 Å². The van der Waals surface area contributed by atoms with Crippen molar-refractivity contribution in [2.75, 3.05) is 5.73 Å². The number of nitrogen functional groups attached to an aromatic ring is 1. The molecule has 0 radical (unpaired) electrons. The van der Waals surface area contributed by atoms with E-state index in [1.165, 1.54) is 13.8 Å². The molecule has 6 rings (SSSR count). The highest BCUT2D eigenvalue weighted by Crippen LogP contribution is 2.57. The molecule has 2 aliphatic rings. The topological polar surface area (TPSA) is 115 Å². The SMILES string of the molecule is CC(C)(O)C(=O)NC12CCC(c3nc(-c4ccc(Oc5ccccc5)cc4)c4c(N)nccn34)(CC1)C2. The number of nitrogens with two attached hydrogens (primary N) is 1. The Balaban J connectivity index is 1.35. The second-order valence-electron chi connectivity index (χ2n) is 11.0. The van der Waals surface area contributed by atoms with E-state index in [1.54, 1.807) is 6.20 Å². The summed E-state index contributed by atoms with van der Waals surface area (Å²) in [6.07, 6.45) is 7.93. The van der Waals surface area contributed by atoms with Crippen molar-refractivity contribution in [3.8, 4) is 22.8 Å². The maximum absolute atomic E-state index is 12.6. The molecule has 2 aromatic carbocycles. The van der Waals surface area contributed by atoms with Crippen LogP contribution in [0.25, 0.3) is 16.8 Å².